The minimum Gasteiger partial charge on any atom is -0.545 e. The number of hydrogen-bond acceptors (Lipinski definition) is 5. The van der Waals surface area contributed by atoms with E-state index in [-0.39, 0.29) is 35.1 Å². The molecular formula is C8H8N3NaO2. The number of aromatic carboxylic acids is 1. The maximum atomic E-state index is 10.5. The number of carbonyl (C=O) groups excluding carboxylic acids is 1. The van der Waals surface area contributed by atoms with Crippen LogP contribution in [0.4, 0.5) is 11.5 Å². The summed E-state index contributed by atoms with van der Waals surface area (Å²) in [7, 11) is 0. The Morgan fingerprint density at radius 3 is 2.86 bits per heavy atom. The second-order valence-corrected chi connectivity index (χ2v) is 2.76. The van der Waals surface area contributed by atoms with Crippen molar-refractivity contribution in [2.24, 2.45) is 0 Å². The van der Waals surface area contributed by atoms with Crippen molar-refractivity contribution >= 4 is 17.5 Å². The van der Waals surface area contributed by atoms with Gasteiger partial charge >= 0.3 is 29.6 Å². The van der Waals surface area contributed by atoms with Crippen molar-refractivity contribution < 1.29 is 39.5 Å². The van der Waals surface area contributed by atoms with Crippen molar-refractivity contribution in [2.75, 3.05) is 23.7 Å². The number of carboxylic acids is 1. The van der Waals surface area contributed by atoms with E-state index in [1.54, 1.807) is 0 Å². The molecule has 2 heterocycles. The van der Waals surface area contributed by atoms with Gasteiger partial charge in [0.1, 0.15) is 5.82 Å². The molecule has 0 saturated heterocycles. The van der Waals surface area contributed by atoms with Crippen LogP contribution in [0.5, 0.6) is 0 Å². The number of nitrogens with zero attached hydrogens (tertiary/aromatic N) is 1. The van der Waals surface area contributed by atoms with Crippen molar-refractivity contribution in [1.82, 2.24) is 4.98 Å². The molecule has 0 bridgehead atoms. The Morgan fingerprint density at radius 1 is 1.43 bits per heavy atom. The van der Waals surface area contributed by atoms with Crippen LogP contribution in [0, 0.1) is 0 Å². The van der Waals surface area contributed by atoms with E-state index in [1.165, 1.54) is 12.3 Å². The first kappa shape index (κ1) is 11.3. The Hall–Kier alpha value is -0.780. The zero-order valence-electron chi connectivity index (χ0n) is 7.83. The van der Waals surface area contributed by atoms with Crippen molar-refractivity contribution in [2.45, 2.75) is 0 Å². The van der Waals surface area contributed by atoms with E-state index in [2.05, 4.69) is 15.6 Å². The Morgan fingerprint density at radius 2 is 2.14 bits per heavy atom. The molecule has 0 saturated carbocycles. The Kier molecular flexibility index (Phi) is 3.74. The smallest absolute Gasteiger partial charge is 0.545 e. The van der Waals surface area contributed by atoms with Gasteiger partial charge in [0.25, 0.3) is 0 Å². The maximum absolute atomic E-state index is 10.5. The number of hydrogen-bond donors (Lipinski definition) is 2. The third-order valence-electron chi connectivity index (χ3n) is 1.86. The van der Waals surface area contributed by atoms with Crippen LogP contribution < -0.4 is 45.3 Å². The van der Waals surface area contributed by atoms with E-state index in [9.17, 15) is 9.90 Å². The van der Waals surface area contributed by atoms with Crippen LogP contribution in [0.2, 0.25) is 0 Å². The Bertz CT molecular complexity index is 356. The van der Waals surface area contributed by atoms with E-state index in [0.29, 0.717) is 11.5 Å². The summed E-state index contributed by atoms with van der Waals surface area (Å²) in [6.45, 7) is 1.57. The van der Waals surface area contributed by atoms with Gasteiger partial charge in [-0.25, -0.2) is 4.98 Å². The predicted molar refractivity (Wildman–Crippen MR) is 45.5 cm³/mol. The van der Waals surface area contributed by atoms with Gasteiger partial charge in [-0.3, -0.25) is 0 Å². The van der Waals surface area contributed by atoms with E-state index < -0.39 is 5.97 Å². The summed E-state index contributed by atoms with van der Waals surface area (Å²) in [5.74, 6) is -0.515. The maximum Gasteiger partial charge on any atom is 1.00 e. The molecule has 1 aliphatic rings. The third kappa shape index (κ3) is 2.17. The molecular weight excluding hydrogens is 193 g/mol. The van der Waals surface area contributed by atoms with Gasteiger partial charge in [-0.2, -0.15) is 0 Å². The second kappa shape index (κ2) is 4.63. The van der Waals surface area contributed by atoms with E-state index in [1.807, 2.05) is 0 Å². The number of aromatic nitrogens is 1. The molecule has 5 nitrogen and oxygen atoms in total. The number of anilines is 2. The van der Waals surface area contributed by atoms with Gasteiger partial charge in [0.2, 0.25) is 0 Å². The normalized spacial score (nSPS) is 12.9. The standard InChI is InChI=1S/C8H9N3O2.Na/c12-8(13)5-3-6-7(11-4-5)10-2-1-9-6;/h3-4,9H,1-2H2,(H,10,11)(H,12,13);/q;+1/p-1. The van der Waals surface area contributed by atoms with Crippen molar-refractivity contribution in [3.05, 3.63) is 17.8 Å². The SMILES string of the molecule is O=C([O-])c1cnc2c(c1)NCCN2.[Na+]. The van der Waals surface area contributed by atoms with Gasteiger partial charge in [-0.05, 0) is 6.07 Å². The molecule has 1 aromatic heterocycles. The van der Waals surface area contributed by atoms with Gasteiger partial charge in [0.05, 0.1) is 11.7 Å². The Balaban J connectivity index is 0.000000980. The number of fused-ring (bicyclic) bond motifs is 1. The van der Waals surface area contributed by atoms with Crippen LogP contribution in [-0.2, 0) is 0 Å². The van der Waals surface area contributed by atoms with Gasteiger partial charge < -0.3 is 20.5 Å². The molecule has 14 heavy (non-hydrogen) atoms. The van der Waals surface area contributed by atoms with Gasteiger partial charge in [0.15, 0.2) is 0 Å². The van der Waals surface area contributed by atoms with Crippen molar-refractivity contribution in [3.63, 3.8) is 0 Å². The molecule has 1 aromatic rings. The number of carbonyl (C=O) groups is 1. The summed E-state index contributed by atoms with van der Waals surface area (Å²) in [4.78, 5) is 14.4. The average Bonchev–Trinajstić information content (AvgIpc) is 2.17. The predicted octanol–water partition coefficient (Wildman–Crippen LogP) is -3.71. The molecule has 68 valence electrons. The molecule has 0 spiro atoms. The fourth-order valence-corrected chi connectivity index (χ4v) is 1.23. The molecule has 0 aromatic carbocycles. The average molecular weight is 201 g/mol. The van der Waals surface area contributed by atoms with Crippen LogP contribution in [0.15, 0.2) is 12.3 Å². The third-order valence-corrected chi connectivity index (χ3v) is 1.86. The van der Waals surface area contributed by atoms with Gasteiger partial charge in [-0.15, -0.1) is 0 Å². The molecule has 2 rings (SSSR count). The van der Waals surface area contributed by atoms with Gasteiger partial charge in [-0.1, -0.05) is 0 Å². The zero-order valence-corrected chi connectivity index (χ0v) is 9.83. The molecule has 6 heteroatoms. The van der Waals surface area contributed by atoms with Crippen molar-refractivity contribution in [3.8, 4) is 0 Å². The second-order valence-electron chi connectivity index (χ2n) is 2.76. The molecule has 0 fully saturated rings. The largest absolute Gasteiger partial charge is 1.00 e. The number of pyridine rings is 1. The summed E-state index contributed by atoms with van der Waals surface area (Å²) < 4.78 is 0. The van der Waals surface area contributed by atoms with Crippen LogP contribution >= 0.6 is 0 Å². The zero-order chi connectivity index (χ0) is 9.26. The minimum absolute atomic E-state index is 0. The molecule has 1 aliphatic heterocycles. The number of nitrogens with one attached hydrogen (secondary N) is 2. The van der Waals surface area contributed by atoms with Crippen molar-refractivity contribution in [1.29, 1.82) is 0 Å². The van der Waals surface area contributed by atoms with Crippen LogP contribution in [0.25, 0.3) is 0 Å². The first-order valence-corrected chi connectivity index (χ1v) is 3.96. The fourth-order valence-electron chi connectivity index (χ4n) is 1.23. The number of rotatable bonds is 1. The Labute approximate surface area is 103 Å². The summed E-state index contributed by atoms with van der Waals surface area (Å²) in [6, 6.07) is 1.52. The topological polar surface area (TPSA) is 77.1 Å². The molecule has 0 atom stereocenters. The van der Waals surface area contributed by atoms with Crippen LogP contribution in [0.1, 0.15) is 10.4 Å². The molecule has 0 aliphatic carbocycles. The van der Waals surface area contributed by atoms with Crippen LogP contribution in [-0.4, -0.2) is 24.0 Å². The quantitative estimate of drug-likeness (QED) is 0.457. The minimum atomic E-state index is -1.21. The molecule has 0 unspecified atom stereocenters. The van der Waals surface area contributed by atoms with E-state index in [4.69, 9.17) is 0 Å². The monoisotopic (exact) mass is 201 g/mol. The van der Waals surface area contributed by atoms with Gasteiger partial charge in [0, 0.05) is 24.8 Å². The first-order chi connectivity index (χ1) is 6.27. The van der Waals surface area contributed by atoms with Crippen LogP contribution in [0.3, 0.4) is 0 Å². The summed E-state index contributed by atoms with van der Waals surface area (Å²) in [6.07, 6.45) is 1.29. The number of carboxylic acid groups (broad SMARTS) is 1. The summed E-state index contributed by atoms with van der Waals surface area (Å²) >= 11 is 0. The first-order valence-electron chi connectivity index (χ1n) is 3.96. The fraction of sp³-hybridized carbons (Fsp3) is 0.250. The molecule has 0 radical (unpaired) electrons. The molecule has 2 N–H and O–H groups in total. The molecule has 0 amide bonds. The summed E-state index contributed by atoms with van der Waals surface area (Å²) in [5.41, 5.74) is 0.808. The summed E-state index contributed by atoms with van der Waals surface area (Å²) in [5, 5.41) is 16.6. The van der Waals surface area contributed by atoms with E-state index >= 15 is 0 Å². The van der Waals surface area contributed by atoms with E-state index in [0.717, 1.165) is 13.1 Å².